The van der Waals surface area contributed by atoms with E-state index in [1.54, 1.807) is 18.5 Å². The summed E-state index contributed by atoms with van der Waals surface area (Å²) in [5, 5.41) is 10.2. The summed E-state index contributed by atoms with van der Waals surface area (Å²) in [6.07, 6.45) is 7.32. The van der Waals surface area contributed by atoms with Crippen molar-refractivity contribution in [3.8, 4) is 17.1 Å². The third-order valence-corrected chi connectivity index (χ3v) is 4.05. The largest absolute Gasteiger partial charge is 0.508 e. The number of hydrogen-bond acceptors (Lipinski definition) is 4. The third-order valence-electron chi connectivity index (χ3n) is 4.05. The molecule has 0 unspecified atom stereocenters. The normalized spacial score (nSPS) is 14.5. The first-order valence-corrected chi connectivity index (χ1v) is 8.08. The summed E-state index contributed by atoms with van der Waals surface area (Å²) in [6, 6.07) is 7.45. The van der Waals surface area contributed by atoms with E-state index in [1.165, 1.54) is 12.8 Å². The van der Waals surface area contributed by atoms with Crippen LogP contribution in [-0.2, 0) is 6.54 Å². The molecule has 4 nitrogen and oxygen atoms in total. The maximum Gasteiger partial charge on any atom is 0.159 e. The van der Waals surface area contributed by atoms with Crippen LogP contribution in [0.5, 0.6) is 5.75 Å². The Labute approximate surface area is 131 Å². The maximum atomic E-state index is 10.2. The van der Waals surface area contributed by atoms with Gasteiger partial charge in [0.1, 0.15) is 5.75 Å². The zero-order valence-electron chi connectivity index (χ0n) is 13.1. The molecule has 3 rings (SSSR count). The number of benzene rings is 1. The molecular formula is C18H23N3O. The van der Waals surface area contributed by atoms with E-state index in [9.17, 15) is 5.11 Å². The average Bonchev–Trinajstić information content (AvgIpc) is 3.34. The molecule has 116 valence electrons. The van der Waals surface area contributed by atoms with Gasteiger partial charge in [0.05, 0.1) is 0 Å². The molecule has 0 atom stereocenters. The van der Waals surface area contributed by atoms with Gasteiger partial charge in [0.15, 0.2) is 5.82 Å². The van der Waals surface area contributed by atoms with Gasteiger partial charge < -0.3 is 5.11 Å². The topological polar surface area (TPSA) is 49.2 Å². The lowest BCUT2D eigenvalue weighted by Gasteiger charge is -2.22. The van der Waals surface area contributed by atoms with Crippen LogP contribution < -0.4 is 0 Å². The van der Waals surface area contributed by atoms with Gasteiger partial charge in [0, 0.05) is 36.6 Å². The molecule has 2 aromatic rings. The first-order chi connectivity index (χ1) is 10.8. The van der Waals surface area contributed by atoms with Crippen LogP contribution in [0.2, 0.25) is 0 Å². The molecule has 1 heterocycles. The van der Waals surface area contributed by atoms with Crippen molar-refractivity contribution < 1.29 is 5.11 Å². The molecule has 1 aliphatic carbocycles. The van der Waals surface area contributed by atoms with Crippen LogP contribution >= 0.6 is 0 Å². The minimum absolute atomic E-state index is 0.358. The summed E-state index contributed by atoms with van der Waals surface area (Å²) >= 11 is 0. The number of phenolic OH excluding ortho intramolecular Hbond substituents is 1. The highest BCUT2D eigenvalue weighted by Crippen LogP contribution is 2.31. The molecule has 1 aromatic heterocycles. The van der Waals surface area contributed by atoms with E-state index in [1.807, 2.05) is 18.2 Å². The number of rotatable bonds is 7. The van der Waals surface area contributed by atoms with Crippen molar-refractivity contribution >= 4 is 0 Å². The first kappa shape index (κ1) is 15.0. The molecule has 0 amide bonds. The van der Waals surface area contributed by atoms with Crippen LogP contribution in [0.1, 0.15) is 31.7 Å². The Morgan fingerprint density at radius 3 is 2.68 bits per heavy atom. The van der Waals surface area contributed by atoms with Gasteiger partial charge in [-0.15, -0.1) is 0 Å². The Morgan fingerprint density at radius 1 is 1.23 bits per heavy atom. The molecule has 1 aromatic carbocycles. The van der Waals surface area contributed by atoms with Crippen molar-refractivity contribution in [2.24, 2.45) is 5.92 Å². The highest BCUT2D eigenvalue weighted by Gasteiger charge is 2.24. The van der Waals surface area contributed by atoms with Crippen LogP contribution in [0, 0.1) is 5.92 Å². The van der Waals surface area contributed by atoms with Crippen molar-refractivity contribution in [3.63, 3.8) is 0 Å². The fraction of sp³-hybridized carbons (Fsp3) is 0.444. The summed E-state index contributed by atoms with van der Waals surface area (Å²) in [4.78, 5) is 11.0. The van der Waals surface area contributed by atoms with E-state index in [-0.39, 0.29) is 0 Å². The number of hydrogen-bond donors (Lipinski definition) is 1. The first-order valence-electron chi connectivity index (χ1n) is 8.08. The second-order valence-electron chi connectivity index (χ2n) is 6.09. The predicted molar refractivity (Wildman–Crippen MR) is 87.4 cm³/mol. The number of nitrogens with zero attached hydrogens (tertiary/aromatic N) is 3. The fourth-order valence-electron chi connectivity index (χ4n) is 2.76. The Balaban J connectivity index is 1.79. The van der Waals surface area contributed by atoms with E-state index < -0.39 is 0 Å². The van der Waals surface area contributed by atoms with E-state index in [2.05, 4.69) is 21.8 Å². The fourth-order valence-corrected chi connectivity index (χ4v) is 2.76. The van der Waals surface area contributed by atoms with Gasteiger partial charge in [-0.05, 0) is 56.0 Å². The van der Waals surface area contributed by atoms with Crippen molar-refractivity contribution in [2.45, 2.75) is 32.7 Å². The molecule has 0 radical (unpaired) electrons. The zero-order valence-corrected chi connectivity index (χ0v) is 13.1. The molecule has 1 aliphatic rings. The minimum atomic E-state index is 0.358. The minimum Gasteiger partial charge on any atom is -0.508 e. The molecule has 22 heavy (non-hydrogen) atoms. The van der Waals surface area contributed by atoms with Gasteiger partial charge in [-0.2, -0.15) is 0 Å². The van der Waals surface area contributed by atoms with Gasteiger partial charge >= 0.3 is 0 Å². The van der Waals surface area contributed by atoms with Crippen molar-refractivity contribution in [1.82, 2.24) is 14.9 Å². The average molecular weight is 297 g/mol. The van der Waals surface area contributed by atoms with E-state index in [0.717, 1.165) is 43.1 Å². The van der Waals surface area contributed by atoms with Crippen LogP contribution in [0.25, 0.3) is 11.4 Å². The van der Waals surface area contributed by atoms with Gasteiger partial charge in [0.25, 0.3) is 0 Å². The molecule has 0 aliphatic heterocycles. The molecular weight excluding hydrogens is 274 g/mol. The lowest BCUT2D eigenvalue weighted by molar-refractivity contribution is 0.252. The molecule has 4 heteroatoms. The Bertz CT molecular complexity index is 611. The quantitative estimate of drug-likeness (QED) is 0.850. The highest BCUT2D eigenvalue weighted by molar-refractivity contribution is 5.58. The Hall–Kier alpha value is -1.94. The van der Waals surface area contributed by atoms with Crippen molar-refractivity contribution in [1.29, 1.82) is 0 Å². The lowest BCUT2D eigenvalue weighted by Crippen LogP contribution is -2.26. The highest BCUT2D eigenvalue weighted by atomic mass is 16.3. The van der Waals surface area contributed by atoms with Gasteiger partial charge in [-0.1, -0.05) is 6.92 Å². The molecule has 1 fully saturated rings. The van der Waals surface area contributed by atoms with Crippen molar-refractivity contribution in [3.05, 3.63) is 42.2 Å². The standard InChI is InChI=1S/C18H23N3O/c1-2-10-21(12-14-4-5-14)13-16-11-15(6-7-17(16)22)18-19-8-3-9-20-18/h3,6-9,11,14,22H,2,4-5,10,12-13H2,1H3. The monoisotopic (exact) mass is 297 g/mol. The number of phenols is 1. The van der Waals surface area contributed by atoms with Gasteiger partial charge in [-0.25, -0.2) is 9.97 Å². The number of aromatic hydroxyl groups is 1. The van der Waals surface area contributed by atoms with E-state index >= 15 is 0 Å². The lowest BCUT2D eigenvalue weighted by atomic mass is 10.1. The summed E-state index contributed by atoms with van der Waals surface area (Å²) in [7, 11) is 0. The van der Waals surface area contributed by atoms with Crippen LogP contribution in [0.15, 0.2) is 36.7 Å². The second-order valence-corrected chi connectivity index (χ2v) is 6.09. The van der Waals surface area contributed by atoms with E-state index in [4.69, 9.17) is 0 Å². The molecule has 0 spiro atoms. The van der Waals surface area contributed by atoms with Gasteiger partial charge in [-0.3, -0.25) is 4.90 Å². The zero-order chi connectivity index (χ0) is 15.4. The molecule has 1 N–H and O–H groups in total. The molecule has 1 saturated carbocycles. The predicted octanol–water partition coefficient (Wildman–Crippen LogP) is 3.47. The Morgan fingerprint density at radius 2 is 2.00 bits per heavy atom. The number of aromatic nitrogens is 2. The molecule has 0 saturated heterocycles. The smallest absolute Gasteiger partial charge is 0.159 e. The second kappa shape index (κ2) is 6.88. The van der Waals surface area contributed by atoms with Crippen LogP contribution in [-0.4, -0.2) is 33.1 Å². The third kappa shape index (κ3) is 3.83. The Kier molecular flexibility index (Phi) is 4.68. The summed E-state index contributed by atoms with van der Waals surface area (Å²) in [6.45, 7) is 5.20. The summed E-state index contributed by atoms with van der Waals surface area (Å²) in [5.41, 5.74) is 1.91. The summed E-state index contributed by atoms with van der Waals surface area (Å²) < 4.78 is 0. The molecule has 0 bridgehead atoms. The summed E-state index contributed by atoms with van der Waals surface area (Å²) in [5.74, 6) is 1.92. The van der Waals surface area contributed by atoms with Crippen LogP contribution in [0.4, 0.5) is 0 Å². The van der Waals surface area contributed by atoms with Crippen molar-refractivity contribution in [2.75, 3.05) is 13.1 Å². The SMILES string of the molecule is CCCN(Cc1cc(-c2ncccn2)ccc1O)CC1CC1. The van der Waals surface area contributed by atoms with Gasteiger partial charge in [0.2, 0.25) is 0 Å². The van der Waals surface area contributed by atoms with E-state index in [0.29, 0.717) is 11.6 Å². The maximum absolute atomic E-state index is 10.2. The van der Waals surface area contributed by atoms with Crippen LogP contribution in [0.3, 0.4) is 0 Å².